The highest BCUT2D eigenvalue weighted by atomic mass is 16.4. The first-order valence-electron chi connectivity index (χ1n) is 6.44. The van der Waals surface area contributed by atoms with E-state index in [1.165, 1.54) is 4.90 Å². The van der Waals surface area contributed by atoms with Crippen LogP contribution in [-0.2, 0) is 0 Å². The van der Waals surface area contributed by atoms with Crippen molar-refractivity contribution in [3.05, 3.63) is 29.8 Å². The molecule has 0 aromatic heterocycles. The first-order valence-corrected chi connectivity index (χ1v) is 6.44. The van der Waals surface area contributed by atoms with Crippen LogP contribution in [0.2, 0.25) is 0 Å². The van der Waals surface area contributed by atoms with Gasteiger partial charge in [0.1, 0.15) is 5.75 Å². The Morgan fingerprint density at radius 1 is 1.47 bits per heavy atom. The van der Waals surface area contributed by atoms with E-state index < -0.39 is 6.09 Å². The number of aliphatic hydroxyl groups excluding tert-OH is 1. The number of nitrogens with zero attached hydrogens (tertiary/aromatic N) is 1. The van der Waals surface area contributed by atoms with Crippen molar-refractivity contribution >= 4 is 6.09 Å². The first kappa shape index (κ1) is 13.7. The summed E-state index contributed by atoms with van der Waals surface area (Å²) in [4.78, 5) is 12.5. The molecule has 3 N–H and O–H groups in total. The highest BCUT2D eigenvalue weighted by Gasteiger charge is 2.37. The minimum atomic E-state index is -0.944. The van der Waals surface area contributed by atoms with Crippen LogP contribution in [0.4, 0.5) is 4.79 Å². The van der Waals surface area contributed by atoms with Crippen molar-refractivity contribution in [1.82, 2.24) is 4.90 Å². The summed E-state index contributed by atoms with van der Waals surface area (Å²) < 4.78 is 0. The van der Waals surface area contributed by atoms with Crippen LogP contribution >= 0.6 is 0 Å². The quantitative estimate of drug-likeness (QED) is 0.762. The number of hydrogen-bond donors (Lipinski definition) is 3. The molecule has 0 spiro atoms. The molecule has 1 amide bonds. The van der Waals surface area contributed by atoms with E-state index >= 15 is 0 Å². The number of carboxylic acid groups (broad SMARTS) is 1. The molecule has 1 aliphatic heterocycles. The van der Waals surface area contributed by atoms with E-state index in [9.17, 15) is 15.0 Å². The summed E-state index contributed by atoms with van der Waals surface area (Å²) in [6.07, 6.45) is -0.286. The largest absolute Gasteiger partial charge is 0.508 e. The van der Waals surface area contributed by atoms with Gasteiger partial charge in [-0.15, -0.1) is 0 Å². The van der Waals surface area contributed by atoms with Gasteiger partial charge in [0.2, 0.25) is 0 Å². The molecule has 1 saturated heterocycles. The molecule has 5 heteroatoms. The van der Waals surface area contributed by atoms with Crippen LogP contribution in [0.15, 0.2) is 24.3 Å². The Hall–Kier alpha value is -1.75. The standard InChI is InChI=1S/C14H19NO4/c1-9-13(8-16)12(5-6-15(9)14(18)19)10-3-2-4-11(17)7-10/h2-4,7,9,12-13,16-17H,5-6,8H2,1H3,(H,18,19)/t9-,12?,13-/m1/s1. The molecule has 0 radical (unpaired) electrons. The highest BCUT2D eigenvalue weighted by molar-refractivity contribution is 5.65. The molecular weight excluding hydrogens is 246 g/mol. The molecule has 0 aliphatic carbocycles. The van der Waals surface area contributed by atoms with Crippen molar-refractivity contribution in [1.29, 1.82) is 0 Å². The summed E-state index contributed by atoms with van der Waals surface area (Å²) in [7, 11) is 0. The number of phenolic OH excluding ortho intramolecular Hbond substituents is 1. The third kappa shape index (κ3) is 2.66. The van der Waals surface area contributed by atoms with Crippen LogP contribution in [0.3, 0.4) is 0 Å². The molecule has 0 bridgehead atoms. The first-order chi connectivity index (χ1) is 9.04. The van der Waals surface area contributed by atoms with Crippen molar-refractivity contribution < 1.29 is 20.1 Å². The number of benzene rings is 1. The van der Waals surface area contributed by atoms with Gasteiger partial charge in [-0.1, -0.05) is 12.1 Å². The normalized spacial score (nSPS) is 27.3. The number of aromatic hydroxyl groups is 1. The predicted octanol–water partition coefficient (Wildman–Crippen LogP) is 1.86. The molecule has 1 fully saturated rings. The smallest absolute Gasteiger partial charge is 0.407 e. The Balaban J connectivity index is 2.25. The zero-order valence-corrected chi connectivity index (χ0v) is 10.9. The average Bonchev–Trinajstić information content (AvgIpc) is 2.37. The monoisotopic (exact) mass is 265 g/mol. The number of phenols is 1. The van der Waals surface area contributed by atoms with Gasteiger partial charge in [0, 0.05) is 25.1 Å². The van der Waals surface area contributed by atoms with E-state index in [4.69, 9.17) is 5.11 Å². The fraction of sp³-hybridized carbons (Fsp3) is 0.500. The number of amides is 1. The van der Waals surface area contributed by atoms with E-state index in [-0.39, 0.29) is 30.2 Å². The number of aliphatic hydroxyl groups is 1. The van der Waals surface area contributed by atoms with E-state index in [1.807, 2.05) is 13.0 Å². The van der Waals surface area contributed by atoms with Crippen molar-refractivity contribution in [2.45, 2.75) is 25.3 Å². The third-order valence-electron chi connectivity index (χ3n) is 4.06. The van der Waals surface area contributed by atoms with Gasteiger partial charge < -0.3 is 20.2 Å². The van der Waals surface area contributed by atoms with Crippen LogP contribution in [0.1, 0.15) is 24.8 Å². The molecule has 1 aromatic carbocycles. The average molecular weight is 265 g/mol. The Morgan fingerprint density at radius 2 is 2.21 bits per heavy atom. The summed E-state index contributed by atoms with van der Waals surface area (Å²) in [5.74, 6) is 0.122. The maximum Gasteiger partial charge on any atom is 0.407 e. The molecule has 19 heavy (non-hydrogen) atoms. The second-order valence-corrected chi connectivity index (χ2v) is 5.05. The molecule has 104 valence electrons. The van der Waals surface area contributed by atoms with Gasteiger partial charge in [0.25, 0.3) is 0 Å². The summed E-state index contributed by atoms with van der Waals surface area (Å²) in [5, 5.41) is 28.2. The Bertz CT molecular complexity index is 463. The van der Waals surface area contributed by atoms with E-state index in [0.29, 0.717) is 13.0 Å². The summed E-state index contributed by atoms with van der Waals surface area (Å²) in [6, 6.07) is 6.75. The van der Waals surface area contributed by atoms with Crippen molar-refractivity contribution in [2.24, 2.45) is 5.92 Å². The van der Waals surface area contributed by atoms with Gasteiger partial charge in [0.15, 0.2) is 0 Å². The summed E-state index contributed by atoms with van der Waals surface area (Å²) in [5.41, 5.74) is 0.955. The molecule has 3 atom stereocenters. The lowest BCUT2D eigenvalue weighted by Crippen LogP contribution is -2.50. The number of hydrogen-bond acceptors (Lipinski definition) is 3. The molecule has 0 saturated carbocycles. The maximum atomic E-state index is 11.1. The SMILES string of the molecule is C[C@@H]1[C@@H](CO)C(c2cccc(O)c2)CCN1C(=O)O. The van der Waals surface area contributed by atoms with Crippen molar-refractivity contribution in [3.63, 3.8) is 0 Å². The highest BCUT2D eigenvalue weighted by Crippen LogP contribution is 2.37. The summed E-state index contributed by atoms with van der Waals surface area (Å²) in [6.45, 7) is 2.21. The van der Waals surface area contributed by atoms with Crippen molar-refractivity contribution in [3.8, 4) is 5.75 Å². The number of likely N-dealkylation sites (tertiary alicyclic amines) is 1. The lowest BCUT2D eigenvalue weighted by molar-refractivity contribution is 0.0493. The summed E-state index contributed by atoms with van der Waals surface area (Å²) >= 11 is 0. The van der Waals surface area contributed by atoms with Gasteiger partial charge >= 0.3 is 6.09 Å². The third-order valence-corrected chi connectivity index (χ3v) is 4.06. The van der Waals surface area contributed by atoms with Gasteiger partial charge in [-0.3, -0.25) is 0 Å². The lowest BCUT2D eigenvalue weighted by atomic mass is 9.77. The topological polar surface area (TPSA) is 81.0 Å². The Labute approximate surface area is 112 Å². The number of rotatable bonds is 2. The molecule has 5 nitrogen and oxygen atoms in total. The van der Waals surface area contributed by atoms with E-state index in [2.05, 4.69) is 0 Å². The Kier molecular flexibility index (Phi) is 3.95. The lowest BCUT2D eigenvalue weighted by Gasteiger charge is -2.42. The molecule has 1 aromatic rings. The van der Waals surface area contributed by atoms with Gasteiger partial charge in [0.05, 0.1) is 0 Å². The van der Waals surface area contributed by atoms with Crippen LogP contribution in [0.25, 0.3) is 0 Å². The number of carbonyl (C=O) groups is 1. The van der Waals surface area contributed by atoms with E-state index in [1.54, 1.807) is 18.2 Å². The minimum Gasteiger partial charge on any atom is -0.508 e. The zero-order chi connectivity index (χ0) is 14.0. The second kappa shape index (κ2) is 5.48. The second-order valence-electron chi connectivity index (χ2n) is 5.05. The fourth-order valence-corrected chi connectivity index (χ4v) is 2.98. The molecule has 1 aliphatic rings. The van der Waals surface area contributed by atoms with Crippen LogP contribution in [0.5, 0.6) is 5.75 Å². The van der Waals surface area contributed by atoms with E-state index in [0.717, 1.165) is 5.56 Å². The van der Waals surface area contributed by atoms with Crippen LogP contribution in [-0.4, -0.2) is 45.5 Å². The zero-order valence-electron chi connectivity index (χ0n) is 10.9. The van der Waals surface area contributed by atoms with Gasteiger partial charge in [-0.2, -0.15) is 0 Å². The van der Waals surface area contributed by atoms with Gasteiger partial charge in [-0.05, 0) is 37.0 Å². The molecule has 2 rings (SSSR count). The fourth-order valence-electron chi connectivity index (χ4n) is 2.98. The van der Waals surface area contributed by atoms with Gasteiger partial charge in [-0.25, -0.2) is 4.79 Å². The van der Waals surface area contributed by atoms with Crippen LogP contribution in [0, 0.1) is 5.92 Å². The Morgan fingerprint density at radius 3 is 2.79 bits per heavy atom. The van der Waals surface area contributed by atoms with Crippen molar-refractivity contribution in [2.75, 3.05) is 13.2 Å². The maximum absolute atomic E-state index is 11.1. The predicted molar refractivity (Wildman–Crippen MR) is 70.2 cm³/mol. The number of piperidine rings is 1. The molecule has 1 unspecified atom stereocenters. The van der Waals surface area contributed by atoms with Crippen LogP contribution < -0.4 is 0 Å². The molecule has 1 heterocycles. The molecular formula is C14H19NO4. The minimum absolute atomic E-state index is 0.0642.